The lowest BCUT2D eigenvalue weighted by molar-refractivity contribution is -0.134. The van der Waals surface area contributed by atoms with Gasteiger partial charge >= 0.3 is 0 Å². The average molecular weight is 571 g/mol. The molecule has 0 unspecified atom stereocenters. The molecule has 1 aliphatic carbocycles. The zero-order valence-electron chi connectivity index (χ0n) is 24.8. The molecule has 41 heavy (non-hydrogen) atoms. The standard InChI is InChI=1S/C32H46N2O7/c1-22(16-26(35)20-34-12-14-40-15-13-34)31(38)33-28(18-24-8-10-27(39-3)11-9-24)29(36)19-25(17-23-6-4-5-7-23)30(37)32(2)21-41-32/h8-11,22-23,25,28H,4-7,12-21H2,1-3H3,(H,33,38)/t22-,25-,28+,32-/m1/s1. The first kappa shape index (κ1) is 31.3. The number of hydrogen-bond donors (Lipinski definition) is 1. The Hall–Kier alpha value is -2.62. The fraction of sp³-hybridized carbons (Fsp3) is 0.688. The van der Waals surface area contributed by atoms with E-state index in [1.54, 1.807) is 21.0 Å². The van der Waals surface area contributed by atoms with Gasteiger partial charge in [0.1, 0.15) is 17.1 Å². The minimum Gasteiger partial charge on any atom is -0.497 e. The van der Waals surface area contributed by atoms with Crippen molar-refractivity contribution < 1.29 is 33.4 Å². The maximum atomic E-state index is 13.8. The molecule has 1 N–H and O–H groups in total. The summed E-state index contributed by atoms with van der Waals surface area (Å²) < 4.78 is 16.1. The summed E-state index contributed by atoms with van der Waals surface area (Å²) in [5.41, 5.74) is 0.0739. The first-order valence-electron chi connectivity index (χ1n) is 15.1. The monoisotopic (exact) mass is 570 g/mol. The lowest BCUT2D eigenvalue weighted by Gasteiger charge is -2.26. The summed E-state index contributed by atoms with van der Waals surface area (Å²) in [5.74, 6) is -0.378. The van der Waals surface area contributed by atoms with Gasteiger partial charge in [-0.2, -0.15) is 0 Å². The van der Waals surface area contributed by atoms with Crippen molar-refractivity contribution in [3.8, 4) is 5.75 Å². The summed E-state index contributed by atoms with van der Waals surface area (Å²) in [7, 11) is 1.59. The maximum absolute atomic E-state index is 13.8. The first-order valence-corrected chi connectivity index (χ1v) is 15.1. The molecule has 2 heterocycles. The number of epoxide rings is 1. The molecule has 0 radical (unpaired) electrons. The summed E-state index contributed by atoms with van der Waals surface area (Å²) in [4.78, 5) is 55.2. The van der Waals surface area contributed by atoms with Crippen LogP contribution in [0.1, 0.15) is 64.4 Å². The van der Waals surface area contributed by atoms with E-state index in [2.05, 4.69) is 5.32 Å². The number of nitrogens with one attached hydrogen (secondary N) is 1. The van der Waals surface area contributed by atoms with E-state index in [9.17, 15) is 19.2 Å². The number of carbonyl (C=O) groups excluding carboxylic acids is 4. The topological polar surface area (TPSA) is 115 Å². The number of rotatable bonds is 16. The van der Waals surface area contributed by atoms with Crippen molar-refractivity contribution >= 4 is 23.3 Å². The van der Waals surface area contributed by atoms with Gasteiger partial charge in [0.05, 0.1) is 39.5 Å². The van der Waals surface area contributed by atoms with Crippen LogP contribution in [0.5, 0.6) is 5.75 Å². The molecule has 3 aliphatic rings. The van der Waals surface area contributed by atoms with E-state index in [1.807, 2.05) is 29.2 Å². The third-order valence-corrected chi connectivity index (χ3v) is 8.80. The predicted molar refractivity (Wildman–Crippen MR) is 154 cm³/mol. The van der Waals surface area contributed by atoms with Gasteiger partial charge in [-0.25, -0.2) is 0 Å². The Morgan fingerprint density at radius 3 is 2.34 bits per heavy atom. The van der Waals surface area contributed by atoms with Gasteiger partial charge in [0.15, 0.2) is 11.6 Å². The molecule has 1 saturated carbocycles. The number of Topliss-reactive ketones (excluding diaryl/α,β-unsaturated/α-hetero) is 3. The molecule has 9 heteroatoms. The Morgan fingerprint density at radius 2 is 1.73 bits per heavy atom. The van der Waals surface area contributed by atoms with Crippen LogP contribution in [0.15, 0.2) is 24.3 Å². The van der Waals surface area contributed by atoms with Crippen molar-refractivity contribution in [3.05, 3.63) is 29.8 Å². The van der Waals surface area contributed by atoms with Crippen LogP contribution in [0, 0.1) is 17.8 Å². The minimum absolute atomic E-state index is 0.00523. The molecule has 4 atom stereocenters. The van der Waals surface area contributed by atoms with Crippen LogP contribution in [0.4, 0.5) is 0 Å². The van der Waals surface area contributed by atoms with E-state index in [4.69, 9.17) is 14.2 Å². The lowest BCUT2D eigenvalue weighted by atomic mass is 9.81. The second-order valence-electron chi connectivity index (χ2n) is 12.3. The molecule has 0 bridgehead atoms. The van der Waals surface area contributed by atoms with E-state index < -0.39 is 23.5 Å². The summed E-state index contributed by atoms with van der Waals surface area (Å²) in [6.45, 7) is 6.82. The number of nitrogens with zero attached hydrogens (tertiary/aromatic N) is 1. The van der Waals surface area contributed by atoms with Crippen LogP contribution >= 0.6 is 0 Å². The van der Waals surface area contributed by atoms with Crippen LogP contribution in [0.2, 0.25) is 0 Å². The van der Waals surface area contributed by atoms with Crippen molar-refractivity contribution in [2.45, 2.75) is 76.9 Å². The molecule has 1 aromatic carbocycles. The van der Waals surface area contributed by atoms with Gasteiger partial charge in [-0.3, -0.25) is 24.1 Å². The van der Waals surface area contributed by atoms with Crippen molar-refractivity contribution in [3.63, 3.8) is 0 Å². The van der Waals surface area contributed by atoms with Gasteiger partial charge in [-0.05, 0) is 43.4 Å². The second kappa shape index (κ2) is 14.5. The quantitative estimate of drug-likeness (QED) is 0.302. The van der Waals surface area contributed by atoms with Crippen LogP contribution in [0.25, 0.3) is 0 Å². The van der Waals surface area contributed by atoms with Crippen molar-refractivity contribution in [1.82, 2.24) is 10.2 Å². The highest BCUT2D eigenvalue weighted by molar-refractivity contribution is 5.97. The second-order valence-corrected chi connectivity index (χ2v) is 12.3. The molecule has 1 amide bonds. The molecule has 3 fully saturated rings. The van der Waals surface area contributed by atoms with E-state index >= 15 is 0 Å². The third kappa shape index (κ3) is 9.18. The normalized spacial score (nSPS) is 23.4. The fourth-order valence-electron chi connectivity index (χ4n) is 6.06. The van der Waals surface area contributed by atoms with Crippen molar-refractivity contribution in [2.75, 3.05) is 46.6 Å². The van der Waals surface area contributed by atoms with E-state index in [-0.39, 0.29) is 36.1 Å². The maximum Gasteiger partial charge on any atom is 0.223 e. The van der Waals surface area contributed by atoms with Gasteiger partial charge in [-0.1, -0.05) is 44.7 Å². The lowest BCUT2D eigenvalue weighted by Crippen LogP contribution is -2.46. The molecule has 4 rings (SSSR count). The Balaban J connectivity index is 1.43. The average Bonchev–Trinajstić information content (AvgIpc) is 3.51. The molecular weight excluding hydrogens is 524 g/mol. The summed E-state index contributed by atoms with van der Waals surface area (Å²) in [6, 6.07) is 6.59. The van der Waals surface area contributed by atoms with Gasteiger partial charge < -0.3 is 19.5 Å². The van der Waals surface area contributed by atoms with E-state index in [1.165, 1.54) is 0 Å². The Bertz CT molecular complexity index is 1060. The van der Waals surface area contributed by atoms with Gasteiger partial charge in [0, 0.05) is 37.8 Å². The number of amides is 1. The highest BCUT2D eigenvalue weighted by Gasteiger charge is 2.50. The summed E-state index contributed by atoms with van der Waals surface area (Å²) >= 11 is 0. The highest BCUT2D eigenvalue weighted by Crippen LogP contribution is 2.37. The summed E-state index contributed by atoms with van der Waals surface area (Å²) in [5, 5.41) is 2.95. The third-order valence-electron chi connectivity index (χ3n) is 8.80. The van der Waals surface area contributed by atoms with Crippen molar-refractivity contribution in [1.29, 1.82) is 0 Å². The van der Waals surface area contributed by atoms with Gasteiger partial charge in [0.25, 0.3) is 0 Å². The largest absolute Gasteiger partial charge is 0.497 e. The van der Waals surface area contributed by atoms with Crippen LogP contribution in [-0.2, 0) is 35.1 Å². The molecule has 2 saturated heterocycles. The Labute approximate surface area is 243 Å². The fourth-order valence-corrected chi connectivity index (χ4v) is 6.06. The Morgan fingerprint density at radius 1 is 1.07 bits per heavy atom. The number of methoxy groups -OCH3 is 1. The number of benzene rings is 1. The molecule has 0 aromatic heterocycles. The summed E-state index contributed by atoms with van der Waals surface area (Å²) in [6.07, 6.45) is 5.62. The molecule has 0 spiro atoms. The number of ketones is 3. The number of hydrogen-bond acceptors (Lipinski definition) is 8. The zero-order valence-corrected chi connectivity index (χ0v) is 24.8. The molecule has 226 valence electrons. The Kier molecular flexibility index (Phi) is 11.1. The highest BCUT2D eigenvalue weighted by atomic mass is 16.6. The molecule has 2 aliphatic heterocycles. The smallest absolute Gasteiger partial charge is 0.223 e. The number of morpholine rings is 1. The predicted octanol–water partition coefficient (Wildman–Crippen LogP) is 3.16. The number of ether oxygens (including phenoxy) is 3. The van der Waals surface area contributed by atoms with E-state index in [0.29, 0.717) is 64.0 Å². The van der Waals surface area contributed by atoms with Crippen LogP contribution < -0.4 is 10.1 Å². The molecule has 9 nitrogen and oxygen atoms in total. The van der Waals surface area contributed by atoms with Gasteiger partial charge in [0.2, 0.25) is 5.91 Å². The number of carbonyl (C=O) groups is 4. The van der Waals surface area contributed by atoms with Crippen molar-refractivity contribution in [2.24, 2.45) is 17.8 Å². The van der Waals surface area contributed by atoms with Gasteiger partial charge in [-0.15, -0.1) is 0 Å². The van der Waals surface area contributed by atoms with E-state index in [0.717, 1.165) is 31.2 Å². The first-order chi connectivity index (χ1) is 19.7. The molecular formula is C32H46N2O7. The SMILES string of the molecule is COc1ccc(C[C@H](NC(=O)[C@H](C)CC(=O)CN2CCOCC2)C(=O)C[C@@H](CC2CCCC2)C(=O)[C@@]2(C)CO2)cc1. The minimum atomic E-state index is -0.806. The van der Waals surface area contributed by atoms with Crippen LogP contribution in [0.3, 0.4) is 0 Å². The zero-order chi connectivity index (χ0) is 29.4. The van der Waals surface area contributed by atoms with Crippen LogP contribution in [-0.4, -0.2) is 86.4 Å². The molecule has 1 aromatic rings.